The molecule has 0 radical (unpaired) electrons. The lowest BCUT2D eigenvalue weighted by Gasteiger charge is -2.42. The first-order valence-electron chi connectivity index (χ1n) is 8.02. The molecule has 142 valence electrons. The molecular formula is C17H27NO7. The van der Waals surface area contributed by atoms with Crippen molar-refractivity contribution >= 4 is 5.69 Å². The van der Waals surface area contributed by atoms with Crippen molar-refractivity contribution in [3.8, 4) is 0 Å². The quantitative estimate of drug-likeness (QED) is 0.572. The Morgan fingerprint density at radius 1 is 1.16 bits per heavy atom. The van der Waals surface area contributed by atoms with Crippen LogP contribution in [0.4, 0.5) is 5.69 Å². The van der Waals surface area contributed by atoms with Crippen molar-refractivity contribution in [1.29, 1.82) is 0 Å². The summed E-state index contributed by atoms with van der Waals surface area (Å²) in [5.74, 6) is 0. The Kier molecular flexibility index (Phi) is 7.14. The van der Waals surface area contributed by atoms with Gasteiger partial charge in [0.1, 0.15) is 24.4 Å². The normalized spacial score (nSPS) is 30.9. The second-order valence-electron chi connectivity index (χ2n) is 6.15. The minimum absolute atomic E-state index is 0.148. The minimum atomic E-state index is -1.37. The highest BCUT2D eigenvalue weighted by atomic mass is 16.7. The van der Waals surface area contributed by atoms with E-state index >= 15 is 0 Å². The van der Waals surface area contributed by atoms with Crippen LogP contribution in [0.1, 0.15) is 5.56 Å². The molecule has 1 aromatic carbocycles. The summed E-state index contributed by atoms with van der Waals surface area (Å²) in [7, 11) is 6.57. The van der Waals surface area contributed by atoms with Gasteiger partial charge in [-0.2, -0.15) is 0 Å². The van der Waals surface area contributed by atoms with Gasteiger partial charge in [-0.1, -0.05) is 12.1 Å². The number of hydrogen-bond donors (Lipinski definition) is 3. The number of anilines is 1. The van der Waals surface area contributed by atoms with Crippen molar-refractivity contribution in [2.75, 3.05) is 33.2 Å². The molecule has 8 nitrogen and oxygen atoms in total. The van der Waals surface area contributed by atoms with Gasteiger partial charge in [0.25, 0.3) is 0 Å². The van der Waals surface area contributed by atoms with E-state index in [1.54, 1.807) is 0 Å². The standard InChI is InChI=1S/C17H27NO7/c1-18(2)11-7-5-6-10(8-11)9-24-16(21)15-14(22-3)12(19)13(20)17(23-4)25-15/h5-8,12-17,19-21H,9H2,1-4H3/t12-,13+,14-,15?,16?,17-/m1/s1. The first-order valence-corrected chi connectivity index (χ1v) is 8.02. The average molecular weight is 357 g/mol. The molecule has 1 saturated heterocycles. The van der Waals surface area contributed by atoms with Crippen LogP contribution in [0.3, 0.4) is 0 Å². The molecule has 1 fully saturated rings. The fourth-order valence-electron chi connectivity index (χ4n) is 2.76. The lowest BCUT2D eigenvalue weighted by molar-refractivity contribution is -0.333. The Balaban J connectivity index is 2.03. The van der Waals surface area contributed by atoms with E-state index in [1.807, 2.05) is 43.3 Å². The Hall–Kier alpha value is -1.26. The van der Waals surface area contributed by atoms with Crippen LogP contribution in [0.15, 0.2) is 24.3 Å². The fourth-order valence-corrected chi connectivity index (χ4v) is 2.76. The average Bonchev–Trinajstić information content (AvgIpc) is 2.61. The third kappa shape index (κ3) is 4.68. The number of benzene rings is 1. The lowest BCUT2D eigenvalue weighted by atomic mass is 9.98. The van der Waals surface area contributed by atoms with Crippen LogP contribution < -0.4 is 4.90 Å². The number of nitrogens with zero attached hydrogens (tertiary/aromatic N) is 1. The summed E-state index contributed by atoms with van der Waals surface area (Å²) in [6.07, 6.45) is -6.97. The van der Waals surface area contributed by atoms with E-state index < -0.39 is 37.0 Å². The predicted octanol–water partition coefficient (Wildman–Crippen LogP) is -0.304. The van der Waals surface area contributed by atoms with Gasteiger partial charge in [0.05, 0.1) is 6.61 Å². The van der Waals surface area contributed by atoms with Gasteiger partial charge in [-0.05, 0) is 17.7 Å². The third-order valence-electron chi connectivity index (χ3n) is 4.21. The zero-order valence-electron chi connectivity index (χ0n) is 14.9. The third-order valence-corrected chi connectivity index (χ3v) is 4.21. The molecular weight excluding hydrogens is 330 g/mol. The number of ether oxygens (including phenoxy) is 4. The maximum Gasteiger partial charge on any atom is 0.186 e. The summed E-state index contributed by atoms with van der Waals surface area (Å²) in [5, 5.41) is 30.4. The molecule has 8 heteroatoms. The van der Waals surface area contributed by atoms with Crippen molar-refractivity contribution in [3.63, 3.8) is 0 Å². The van der Waals surface area contributed by atoms with Crippen molar-refractivity contribution in [1.82, 2.24) is 0 Å². The van der Waals surface area contributed by atoms with Gasteiger partial charge >= 0.3 is 0 Å². The Bertz CT molecular complexity index is 541. The number of aliphatic hydroxyl groups excluding tert-OH is 3. The molecule has 2 unspecified atom stereocenters. The van der Waals surface area contributed by atoms with Gasteiger partial charge in [-0.25, -0.2) is 0 Å². The largest absolute Gasteiger partial charge is 0.387 e. The monoisotopic (exact) mass is 357 g/mol. The number of rotatable bonds is 7. The van der Waals surface area contributed by atoms with Crippen LogP contribution in [-0.4, -0.2) is 80.6 Å². The van der Waals surface area contributed by atoms with Crippen LogP contribution in [0.2, 0.25) is 0 Å². The molecule has 0 spiro atoms. The molecule has 1 aromatic rings. The molecule has 1 aliphatic rings. The smallest absolute Gasteiger partial charge is 0.186 e. The van der Waals surface area contributed by atoms with Gasteiger partial charge in [-0.3, -0.25) is 0 Å². The molecule has 25 heavy (non-hydrogen) atoms. The summed E-state index contributed by atoms with van der Waals surface area (Å²) < 4.78 is 21.1. The summed E-state index contributed by atoms with van der Waals surface area (Å²) in [5.41, 5.74) is 1.89. The van der Waals surface area contributed by atoms with Crippen LogP contribution in [-0.2, 0) is 25.6 Å². The summed E-state index contributed by atoms with van der Waals surface area (Å²) in [4.78, 5) is 1.96. The Morgan fingerprint density at radius 2 is 1.88 bits per heavy atom. The van der Waals surface area contributed by atoms with E-state index in [2.05, 4.69) is 0 Å². The Morgan fingerprint density at radius 3 is 2.48 bits per heavy atom. The molecule has 2 rings (SSSR count). The van der Waals surface area contributed by atoms with Gasteiger partial charge in [0, 0.05) is 34.0 Å². The maximum absolute atomic E-state index is 10.3. The topological polar surface area (TPSA) is 101 Å². The SMILES string of the molecule is CO[C@@H]1OC(C(O)OCc2cccc(N(C)C)c2)[C@H](OC)[C@H](O)[C@@H]1O. The van der Waals surface area contributed by atoms with Crippen LogP contribution >= 0.6 is 0 Å². The van der Waals surface area contributed by atoms with Crippen molar-refractivity contribution < 1.29 is 34.3 Å². The van der Waals surface area contributed by atoms with E-state index in [0.29, 0.717) is 0 Å². The van der Waals surface area contributed by atoms with E-state index in [9.17, 15) is 15.3 Å². The first kappa shape index (κ1) is 20.1. The highest BCUT2D eigenvalue weighted by Gasteiger charge is 2.48. The second-order valence-corrected chi connectivity index (χ2v) is 6.15. The van der Waals surface area contributed by atoms with E-state index in [4.69, 9.17) is 18.9 Å². The predicted molar refractivity (Wildman–Crippen MR) is 90.0 cm³/mol. The van der Waals surface area contributed by atoms with Crippen molar-refractivity contribution in [2.24, 2.45) is 0 Å². The molecule has 0 bridgehead atoms. The minimum Gasteiger partial charge on any atom is -0.387 e. The molecule has 0 saturated carbocycles. The van der Waals surface area contributed by atoms with Crippen LogP contribution in [0.5, 0.6) is 0 Å². The van der Waals surface area contributed by atoms with Gasteiger partial charge < -0.3 is 39.2 Å². The van der Waals surface area contributed by atoms with E-state index in [0.717, 1.165) is 11.3 Å². The highest BCUT2D eigenvalue weighted by molar-refractivity contribution is 5.46. The summed E-state index contributed by atoms with van der Waals surface area (Å²) >= 11 is 0. The molecule has 3 N–H and O–H groups in total. The van der Waals surface area contributed by atoms with Crippen molar-refractivity contribution in [2.45, 2.75) is 43.6 Å². The number of methoxy groups -OCH3 is 2. The molecule has 1 aliphatic heterocycles. The zero-order valence-corrected chi connectivity index (χ0v) is 14.9. The maximum atomic E-state index is 10.3. The summed E-state index contributed by atoms with van der Waals surface area (Å²) in [6.45, 7) is 0.148. The number of aliphatic hydroxyl groups is 3. The molecule has 1 heterocycles. The molecule has 0 aromatic heterocycles. The second kappa shape index (κ2) is 8.91. The van der Waals surface area contributed by atoms with E-state index in [1.165, 1.54) is 14.2 Å². The molecule has 0 aliphatic carbocycles. The summed E-state index contributed by atoms with van der Waals surface area (Å²) in [6, 6.07) is 7.69. The lowest BCUT2D eigenvalue weighted by Crippen LogP contribution is -2.62. The van der Waals surface area contributed by atoms with Gasteiger partial charge in [0.2, 0.25) is 0 Å². The zero-order chi connectivity index (χ0) is 18.6. The van der Waals surface area contributed by atoms with Gasteiger partial charge in [0.15, 0.2) is 12.6 Å². The van der Waals surface area contributed by atoms with Crippen LogP contribution in [0.25, 0.3) is 0 Å². The fraction of sp³-hybridized carbons (Fsp3) is 0.647. The van der Waals surface area contributed by atoms with Crippen molar-refractivity contribution in [3.05, 3.63) is 29.8 Å². The Labute approximate surface area is 147 Å². The van der Waals surface area contributed by atoms with E-state index in [-0.39, 0.29) is 6.61 Å². The highest BCUT2D eigenvalue weighted by Crippen LogP contribution is 2.26. The van der Waals surface area contributed by atoms with Crippen LogP contribution in [0, 0.1) is 0 Å². The first-order chi connectivity index (χ1) is 11.9. The number of hydrogen-bond acceptors (Lipinski definition) is 8. The molecule has 0 amide bonds. The molecule has 6 atom stereocenters. The van der Waals surface area contributed by atoms with Gasteiger partial charge in [-0.15, -0.1) is 0 Å².